The van der Waals surface area contributed by atoms with E-state index in [0.29, 0.717) is 6.54 Å². The predicted octanol–water partition coefficient (Wildman–Crippen LogP) is 2.38. The molecule has 1 atom stereocenters. The molecule has 0 bridgehead atoms. The molecule has 6 heteroatoms. The number of carbonyl (C=O) groups excluding carboxylic acids is 1. The Balaban J connectivity index is 1.54. The first-order valence-electron chi connectivity index (χ1n) is 8.17. The van der Waals surface area contributed by atoms with Crippen LogP contribution >= 0.6 is 0 Å². The maximum atomic E-state index is 12.3. The molecule has 0 unspecified atom stereocenters. The molecule has 1 heterocycles. The smallest absolute Gasteiger partial charge is 0.411 e. The molecule has 128 valence electrons. The lowest BCUT2D eigenvalue weighted by atomic mass is 9.96. The summed E-state index contributed by atoms with van der Waals surface area (Å²) >= 11 is 0. The lowest BCUT2D eigenvalue weighted by Gasteiger charge is -2.45. The molecule has 0 saturated carbocycles. The average Bonchev–Trinajstić information content (AvgIpc) is 2.92. The summed E-state index contributed by atoms with van der Waals surface area (Å²) in [6.45, 7) is 0.443. The number of ether oxygens (including phenoxy) is 1. The lowest BCUT2D eigenvalue weighted by Crippen LogP contribution is -2.72. The summed E-state index contributed by atoms with van der Waals surface area (Å²) in [6.07, 6.45) is -0.454. The Kier molecular flexibility index (Phi) is 3.51. The Bertz CT molecular complexity index is 821. The number of nitrogens with two attached hydrogens (primary N) is 1. The molecular weight excluding hydrogens is 320 g/mol. The highest BCUT2D eigenvalue weighted by molar-refractivity contribution is 5.86. The number of hydrogen-bond acceptors (Lipinski definition) is 4. The van der Waals surface area contributed by atoms with E-state index in [4.69, 9.17) is 10.5 Å². The van der Waals surface area contributed by atoms with Crippen LogP contribution in [-0.2, 0) is 9.53 Å². The third-order valence-corrected chi connectivity index (χ3v) is 5.12. The van der Waals surface area contributed by atoms with Crippen LogP contribution in [-0.4, -0.2) is 40.9 Å². The van der Waals surface area contributed by atoms with Gasteiger partial charge < -0.3 is 9.84 Å². The number of likely N-dealkylation sites (tertiary alicyclic amines) is 1. The Labute approximate surface area is 144 Å². The first kappa shape index (κ1) is 15.7. The number of aliphatic carboxylic acids is 1. The molecule has 0 spiro atoms. The van der Waals surface area contributed by atoms with E-state index in [-0.39, 0.29) is 18.9 Å². The lowest BCUT2D eigenvalue weighted by molar-refractivity contribution is -0.158. The van der Waals surface area contributed by atoms with Crippen molar-refractivity contribution in [3.8, 4) is 11.1 Å². The van der Waals surface area contributed by atoms with Gasteiger partial charge in [-0.05, 0) is 22.3 Å². The van der Waals surface area contributed by atoms with Gasteiger partial charge in [0.15, 0.2) is 5.66 Å². The van der Waals surface area contributed by atoms with Crippen LogP contribution in [0.15, 0.2) is 48.5 Å². The van der Waals surface area contributed by atoms with Gasteiger partial charge in [-0.25, -0.2) is 9.59 Å². The van der Waals surface area contributed by atoms with Crippen LogP contribution < -0.4 is 5.73 Å². The van der Waals surface area contributed by atoms with Crippen molar-refractivity contribution in [1.29, 1.82) is 0 Å². The zero-order valence-corrected chi connectivity index (χ0v) is 13.5. The van der Waals surface area contributed by atoms with Gasteiger partial charge in [-0.2, -0.15) is 0 Å². The molecule has 6 nitrogen and oxygen atoms in total. The van der Waals surface area contributed by atoms with Gasteiger partial charge in [0.25, 0.3) is 0 Å². The third kappa shape index (κ3) is 2.29. The van der Waals surface area contributed by atoms with Crippen LogP contribution in [0.25, 0.3) is 11.1 Å². The fourth-order valence-corrected chi connectivity index (χ4v) is 3.61. The van der Waals surface area contributed by atoms with Gasteiger partial charge in [0.2, 0.25) is 0 Å². The molecule has 1 aliphatic carbocycles. The van der Waals surface area contributed by atoms with Crippen molar-refractivity contribution in [1.82, 2.24) is 4.90 Å². The van der Waals surface area contributed by atoms with Crippen molar-refractivity contribution in [2.45, 2.75) is 18.0 Å². The molecule has 25 heavy (non-hydrogen) atoms. The number of rotatable bonds is 3. The minimum absolute atomic E-state index is 0.0605. The molecule has 2 aromatic carbocycles. The van der Waals surface area contributed by atoms with E-state index in [0.717, 1.165) is 27.2 Å². The predicted molar refractivity (Wildman–Crippen MR) is 90.9 cm³/mol. The van der Waals surface area contributed by atoms with E-state index in [1.54, 1.807) is 0 Å². The Hall–Kier alpha value is -2.86. The van der Waals surface area contributed by atoms with E-state index in [2.05, 4.69) is 12.1 Å². The minimum Gasteiger partial charge on any atom is -0.478 e. The number of fused-ring (bicyclic) bond motifs is 3. The fourth-order valence-electron chi connectivity index (χ4n) is 3.61. The molecular formula is C19H18N2O4. The van der Waals surface area contributed by atoms with Gasteiger partial charge in [0.1, 0.15) is 6.61 Å². The number of benzene rings is 2. The van der Waals surface area contributed by atoms with Crippen molar-refractivity contribution in [2.24, 2.45) is 5.73 Å². The highest BCUT2D eigenvalue weighted by atomic mass is 16.6. The summed E-state index contributed by atoms with van der Waals surface area (Å²) in [5.74, 6) is -1.28. The second-order valence-electron chi connectivity index (χ2n) is 6.44. The van der Waals surface area contributed by atoms with E-state index < -0.39 is 17.7 Å². The molecule has 2 aliphatic rings. The summed E-state index contributed by atoms with van der Waals surface area (Å²) in [6, 6.07) is 16.1. The third-order valence-electron chi connectivity index (χ3n) is 5.12. The zero-order valence-electron chi connectivity index (χ0n) is 13.5. The number of carboxylic acids is 1. The monoisotopic (exact) mass is 338 g/mol. The Morgan fingerprint density at radius 3 is 2.16 bits per heavy atom. The van der Waals surface area contributed by atoms with Crippen molar-refractivity contribution in [3.63, 3.8) is 0 Å². The van der Waals surface area contributed by atoms with Crippen LogP contribution in [0.3, 0.4) is 0 Å². The highest BCUT2D eigenvalue weighted by Crippen LogP contribution is 2.44. The molecule has 1 amide bonds. The van der Waals surface area contributed by atoms with Crippen molar-refractivity contribution >= 4 is 12.1 Å². The van der Waals surface area contributed by atoms with Crippen molar-refractivity contribution in [2.75, 3.05) is 13.2 Å². The Morgan fingerprint density at radius 2 is 1.68 bits per heavy atom. The van der Waals surface area contributed by atoms with Gasteiger partial charge in [0, 0.05) is 18.9 Å². The van der Waals surface area contributed by atoms with Gasteiger partial charge in [-0.3, -0.25) is 10.6 Å². The number of nitrogens with zero attached hydrogens (tertiary/aromatic N) is 1. The summed E-state index contributed by atoms with van der Waals surface area (Å²) in [7, 11) is 0. The molecule has 0 radical (unpaired) electrons. The zero-order chi connectivity index (χ0) is 17.6. The van der Waals surface area contributed by atoms with E-state index in [9.17, 15) is 14.7 Å². The number of carbonyl (C=O) groups is 2. The van der Waals surface area contributed by atoms with Gasteiger partial charge >= 0.3 is 12.1 Å². The van der Waals surface area contributed by atoms with Gasteiger partial charge in [0.05, 0.1) is 0 Å². The van der Waals surface area contributed by atoms with E-state index in [1.807, 2.05) is 36.4 Å². The van der Waals surface area contributed by atoms with Crippen LogP contribution in [0.2, 0.25) is 0 Å². The normalized spacial score (nSPS) is 21.2. The van der Waals surface area contributed by atoms with Crippen molar-refractivity contribution in [3.05, 3.63) is 59.7 Å². The van der Waals surface area contributed by atoms with Gasteiger partial charge in [-0.15, -0.1) is 0 Å². The second-order valence-corrected chi connectivity index (χ2v) is 6.44. The summed E-state index contributed by atoms with van der Waals surface area (Å²) in [5, 5.41) is 9.18. The summed E-state index contributed by atoms with van der Waals surface area (Å²) in [5.41, 5.74) is 8.60. The van der Waals surface area contributed by atoms with Crippen LogP contribution in [0.5, 0.6) is 0 Å². The topological polar surface area (TPSA) is 92.9 Å². The first-order valence-corrected chi connectivity index (χ1v) is 8.17. The fraction of sp³-hybridized carbons (Fsp3) is 0.263. The maximum Gasteiger partial charge on any atom is 0.411 e. The standard InChI is InChI=1S/C19H18N2O4/c20-19(17(22)23)9-10-21(19)18(24)25-11-16-14-7-3-1-5-12(14)13-6-2-4-8-15(13)16/h1-8,16H,9-11,20H2,(H,22,23)/t19-/m0/s1. The summed E-state index contributed by atoms with van der Waals surface area (Å²) < 4.78 is 5.43. The number of hydrogen-bond donors (Lipinski definition) is 2. The highest BCUT2D eigenvalue weighted by Gasteiger charge is 2.51. The molecule has 4 rings (SSSR count). The number of carboxylic acid groups (broad SMARTS) is 1. The molecule has 1 aliphatic heterocycles. The van der Waals surface area contributed by atoms with Crippen LogP contribution in [0.4, 0.5) is 4.79 Å². The molecule has 2 aromatic rings. The van der Waals surface area contributed by atoms with E-state index >= 15 is 0 Å². The second kappa shape index (κ2) is 5.60. The molecule has 1 saturated heterocycles. The van der Waals surface area contributed by atoms with Crippen LogP contribution in [0.1, 0.15) is 23.5 Å². The quantitative estimate of drug-likeness (QED) is 0.896. The Morgan fingerprint density at radius 1 is 1.12 bits per heavy atom. The molecule has 0 aromatic heterocycles. The molecule has 1 fully saturated rings. The average molecular weight is 338 g/mol. The minimum atomic E-state index is -1.65. The largest absolute Gasteiger partial charge is 0.478 e. The SMILES string of the molecule is N[C@@]1(C(=O)O)CCN1C(=O)OCC1c2ccccc2-c2ccccc21. The van der Waals surface area contributed by atoms with Gasteiger partial charge in [-0.1, -0.05) is 48.5 Å². The van der Waals surface area contributed by atoms with Crippen LogP contribution in [0, 0.1) is 0 Å². The first-order chi connectivity index (χ1) is 12.0. The summed E-state index contributed by atoms with van der Waals surface area (Å²) in [4.78, 5) is 24.6. The van der Waals surface area contributed by atoms with E-state index in [1.165, 1.54) is 0 Å². The van der Waals surface area contributed by atoms with Crippen molar-refractivity contribution < 1.29 is 19.4 Å². The number of amides is 1. The maximum absolute atomic E-state index is 12.3. The molecule has 3 N–H and O–H groups in total.